The van der Waals surface area contributed by atoms with Gasteiger partial charge in [0.1, 0.15) is 5.82 Å². The number of rotatable bonds is 2. The zero-order chi connectivity index (χ0) is 16.8. The molecule has 1 aromatic carbocycles. The summed E-state index contributed by atoms with van der Waals surface area (Å²) in [4.78, 5) is 46.1. The number of hydrogen-bond donors (Lipinski definition) is 0. The van der Waals surface area contributed by atoms with Crippen LogP contribution in [0.2, 0.25) is 0 Å². The van der Waals surface area contributed by atoms with E-state index in [0.29, 0.717) is 16.4 Å². The Labute approximate surface area is 136 Å². The fourth-order valence-corrected chi connectivity index (χ4v) is 2.72. The summed E-state index contributed by atoms with van der Waals surface area (Å²) in [5.41, 5.74) is 1.00. The van der Waals surface area contributed by atoms with Gasteiger partial charge in [-0.05, 0) is 31.2 Å². The molecule has 3 heterocycles. The Hall–Kier alpha value is -3.48. The van der Waals surface area contributed by atoms with Crippen LogP contribution in [0.15, 0.2) is 48.7 Å². The van der Waals surface area contributed by atoms with Gasteiger partial charge in [0.15, 0.2) is 5.69 Å². The van der Waals surface area contributed by atoms with Crippen molar-refractivity contribution in [1.29, 1.82) is 0 Å². The molecule has 0 fully saturated rings. The second-order valence-electron chi connectivity index (χ2n) is 5.29. The molecule has 0 unspecified atom stereocenters. The molecule has 0 bridgehead atoms. The van der Waals surface area contributed by atoms with E-state index in [1.54, 1.807) is 47.9 Å². The average Bonchev–Trinajstić information content (AvgIpc) is 3.06. The fourth-order valence-electron chi connectivity index (χ4n) is 2.72. The number of carbonyl (C=O) groups is 3. The van der Waals surface area contributed by atoms with Crippen LogP contribution in [0.1, 0.15) is 37.0 Å². The van der Waals surface area contributed by atoms with Gasteiger partial charge >= 0.3 is 5.97 Å². The molecule has 7 nitrogen and oxygen atoms in total. The second-order valence-corrected chi connectivity index (χ2v) is 5.29. The number of fused-ring (bicyclic) bond motifs is 2. The molecule has 3 aromatic rings. The van der Waals surface area contributed by atoms with Crippen molar-refractivity contribution < 1.29 is 19.2 Å². The van der Waals surface area contributed by atoms with E-state index >= 15 is 0 Å². The minimum absolute atomic E-state index is 0.0460. The third-order valence-electron chi connectivity index (χ3n) is 3.85. The molecule has 7 heteroatoms. The van der Waals surface area contributed by atoms with E-state index in [1.165, 1.54) is 12.1 Å². The van der Waals surface area contributed by atoms with E-state index in [2.05, 4.69) is 4.98 Å². The van der Waals surface area contributed by atoms with Crippen molar-refractivity contribution in [2.24, 2.45) is 0 Å². The van der Waals surface area contributed by atoms with Crippen LogP contribution in [0.25, 0.3) is 5.52 Å². The second kappa shape index (κ2) is 5.02. The molecule has 0 aliphatic carbocycles. The third-order valence-corrected chi connectivity index (χ3v) is 3.85. The summed E-state index contributed by atoms with van der Waals surface area (Å²) in [5.74, 6) is -1.59. The number of benzene rings is 1. The number of pyridine rings is 1. The van der Waals surface area contributed by atoms with Gasteiger partial charge in [-0.3, -0.25) is 9.59 Å². The highest BCUT2D eigenvalue weighted by atomic mass is 16.7. The minimum atomic E-state index is -0.860. The first-order valence-electron chi connectivity index (χ1n) is 7.21. The van der Waals surface area contributed by atoms with E-state index in [0.717, 1.165) is 0 Å². The van der Waals surface area contributed by atoms with E-state index in [-0.39, 0.29) is 16.8 Å². The third kappa shape index (κ3) is 1.91. The Morgan fingerprint density at radius 1 is 1.00 bits per heavy atom. The van der Waals surface area contributed by atoms with Crippen LogP contribution in [-0.4, -0.2) is 32.2 Å². The lowest BCUT2D eigenvalue weighted by Gasteiger charge is -2.11. The number of nitrogens with zero attached hydrogens (tertiary/aromatic N) is 3. The maximum Gasteiger partial charge on any atom is 0.384 e. The SMILES string of the molecule is Cc1nc(C(=O)ON2C(=O)c3ccccc3C2=O)c2ccccn12. The predicted molar refractivity (Wildman–Crippen MR) is 82.3 cm³/mol. The van der Waals surface area contributed by atoms with E-state index in [9.17, 15) is 14.4 Å². The van der Waals surface area contributed by atoms with Crippen molar-refractivity contribution in [1.82, 2.24) is 14.4 Å². The molecule has 118 valence electrons. The maximum atomic E-state index is 12.4. The quantitative estimate of drug-likeness (QED) is 0.674. The fraction of sp³-hybridized carbons (Fsp3) is 0.0588. The summed E-state index contributed by atoms with van der Waals surface area (Å²) < 4.78 is 1.72. The highest BCUT2D eigenvalue weighted by Gasteiger charge is 2.39. The van der Waals surface area contributed by atoms with Crippen LogP contribution in [0.5, 0.6) is 0 Å². The van der Waals surface area contributed by atoms with Crippen molar-refractivity contribution >= 4 is 23.3 Å². The Morgan fingerprint density at radius 2 is 1.62 bits per heavy atom. The van der Waals surface area contributed by atoms with E-state index in [1.807, 2.05) is 0 Å². The highest BCUT2D eigenvalue weighted by molar-refractivity contribution is 6.21. The van der Waals surface area contributed by atoms with Crippen LogP contribution in [-0.2, 0) is 4.84 Å². The Balaban J connectivity index is 1.68. The standard InChI is InChI=1S/C17H11N3O4/c1-10-18-14(13-8-4-5-9-19(10)13)17(23)24-20-15(21)11-6-2-3-7-12(11)16(20)22/h2-9H,1H3. The van der Waals surface area contributed by atoms with Gasteiger partial charge in [0.25, 0.3) is 11.8 Å². The predicted octanol–water partition coefficient (Wildman–Crippen LogP) is 2.01. The molecular formula is C17H11N3O4. The number of aryl methyl sites for hydroxylation is 1. The lowest BCUT2D eigenvalue weighted by molar-refractivity contribution is -0.0586. The van der Waals surface area contributed by atoms with Crippen molar-refractivity contribution in [3.05, 3.63) is 71.3 Å². The molecule has 2 aromatic heterocycles. The largest absolute Gasteiger partial charge is 0.384 e. The van der Waals surface area contributed by atoms with Crippen molar-refractivity contribution in [2.45, 2.75) is 6.92 Å². The highest BCUT2D eigenvalue weighted by Crippen LogP contribution is 2.24. The van der Waals surface area contributed by atoms with Gasteiger partial charge in [-0.15, -0.1) is 0 Å². The summed E-state index contributed by atoms with van der Waals surface area (Å²) in [7, 11) is 0. The first-order chi connectivity index (χ1) is 11.6. The van der Waals surface area contributed by atoms with Gasteiger partial charge in [0.2, 0.25) is 0 Å². The van der Waals surface area contributed by atoms with Crippen molar-refractivity contribution in [3.8, 4) is 0 Å². The molecule has 2 amide bonds. The Bertz CT molecular complexity index is 987. The topological polar surface area (TPSA) is 81.0 Å². The van der Waals surface area contributed by atoms with Gasteiger partial charge in [-0.2, -0.15) is 0 Å². The van der Waals surface area contributed by atoms with E-state index < -0.39 is 17.8 Å². The Kier molecular flexibility index (Phi) is 2.96. The van der Waals surface area contributed by atoms with Crippen LogP contribution in [0.4, 0.5) is 0 Å². The summed E-state index contributed by atoms with van der Waals surface area (Å²) in [6, 6.07) is 11.6. The van der Waals surface area contributed by atoms with Crippen molar-refractivity contribution in [3.63, 3.8) is 0 Å². The smallest absolute Gasteiger partial charge is 0.322 e. The zero-order valence-corrected chi connectivity index (χ0v) is 12.6. The average molecular weight is 321 g/mol. The minimum Gasteiger partial charge on any atom is -0.322 e. The normalized spacial score (nSPS) is 13.5. The molecular weight excluding hydrogens is 310 g/mol. The zero-order valence-electron chi connectivity index (χ0n) is 12.6. The number of imidazole rings is 1. The van der Waals surface area contributed by atoms with Gasteiger partial charge in [0.05, 0.1) is 16.6 Å². The molecule has 1 aliphatic rings. The van der Waals surface area contributed by atoms with Crippen LogP contribution in [0.3, 0.4) is 0 Å². The van der Waals surface area contributed by atoms with Crippen LogP contribution in [0, 0.1) is 6.92 Å². The number of imide groups is 1. The van der Waals surface area contributed by atoms with Crippen LogP contribution >= 0.6 is 0 Å². The molecule has 0 saturated heterocycles. The number of carbonyl (C=O) groups excluding carboxylic acids is 3. The number of hydrogen-bond acceptors (Lipinski definition) is 5. The summed E-state index contributed by atoms with van der Waals surface area (Å²) in [5, 5.41) is 0.483. The Morgan fingerprint density at radius 3 is 2.29 bits per heavy atom. The molecule has 0 atom stereocenters. The lowest BCUT2D eigenvalue weighted by Crippen LogP contribution is -2.32. The molecule has 24 heavy (non-hydrogen) atoms. The first-order valence-corrected chi connectivity index (χ1v) is 7.21. The molecule has 0 radical (unpaired) electrons. The molecule has 0 N–H and O–H groups in total. The van der Waals surface area contributed by atoms with Gasteiger partial charge < -0.3 is 9.24 Å². The number of hydroxylamine groups is 2. The van der Waals surface area contributed by atoms with Crippen LogP contribution < -0.4 is 0 Å². The molecule has 1 aliphatic heterocycles. The summed E-state index contributed by atoms with van der Waals surface area (Å²) >= 11 is 0. The molecule has 4 rings (SSSR count). The van der Waals surface area contributed by atoms with E-state index in [4.69, 9.17) is 4.84 Å². The first kappa shape index (κ1) is 14.1. The molecule has 0 saturated carbocycles. The maximum absolute atomic E-state index is 12.4. The van der Waals surface area contributed by atoms with Gasteiger partial charge in [-0.25, -0.2) is 9.78 Å². The summed E-state index contributed by atoms with van der Waals surface area (Å²) in [6.45, 7) is 1.74. The van der Waals surface area contributed by atoms with Gasteiger partial charge in [0, 0.05) is 6.20 Å². The number of aromatic nitrogens is 2. The van der Waals surface area contributed by atoms with Gasteiger partial charge in [-0.1, -0.05) is 23.3 Å². The monoisotopic (exact) mass is 321 g/mol. The summed E-state index contributed by atoms with van der Waals surface area (Å²) in [6.07, 6.45) is 1.76. The molecule has 0 spiro atoms. The lowest BCUT2D eigenvalue weighted by atomic mass is 10.1. The number of amides is 2. The van der Waals surface area contributed by atoms with Crippen molar-refractivity contribution in [2.75, 3.05) is 0 Å².